The number of para-hydroxylation sites is 1. The summed E-state index contributed by atoms with van der Waals surface area (Å²) in [5, 5.41) is 13.6. The number of carbonyl (C=O) groups excluding carboxylic acids is 1. The van der Waals surface area contributed by atoms with Crippen LogP contribution in [0, 0.1) is 0 Å². The third-order valence-corrected chi connectivity index (χ3v) is 6.72. The molecule has 0 aliphatic carbocycles. The van der Waals surface area contributed by atoms with E-state index in [2.05, 4.69) is 53.2 Å². The van der Waals surface area contributed by atoms with Gasteiger partial charge in [0.15, 0.2) is 5.82 Å². The van der Waals surface area contributed by atoms with Crippen molar-refractivity contribution in [3.05, 3.63) is 144 Å². The van der Waals surface area contributed by atoms with Gasteiger partial charge in [0.05, 0.1) is 18.3 Å². The van der Waals surface area contributed by atoms with Crippen LogP contribution in [0.5, 0.6) is 0 Å². The minimum Gasteiger partial charge on any atom is -0.361 e. The van der Waals surface area contributed by atoms with Crippen molar-refractivity contribution in [2.24, 2.45) is 0 Å². The zero-order valence-corrected chi connectivity index (χ0v) is 21.2. The lowest BCUT2D eigenvalue weighted by molar-refractivity contribution is 0.0929. The van der Waals surface area contributed by atoms with Crippen LogP contribution in [-0.2, 0) is 19.4 Å². The summed E-state index contributed by atoms with van der Waals surface area (Å²) in [6.45, 7) is 0.481. The molecule has 0 aliphatic heterocycles. The Kier molecular flexibility index (Phi) is 6.90. The van der Waals surface area contributed by atoms with Crippen LogP contribution in [0.25, 0.3) is 10.9 Å². The average molecular weight is 514 g/mol. The molecule has 0 saturated heterocycles. The maximum atomic E-state index is 13.3. The molecule has 0 fully saturated rings. The summed E-state index contributed by atoms with van der Waals surface area (Å²) in [5.74, 6) is 1.21. The minimum atomic E-state index is -0.459. The molecule has 1 atom stereocenters. The van der Waals surface area contributed by atoms with E-state index in [1.54, 1.807) is 30.6 Å². The largest absolute Gasteiger partial charge is 0.361 e. The van der Waals surface area contributed by atoms with Crippen molar-refractivity contribution in [2.75, 3.05) is 0 Å². The summed E-state index contributed by atoms with van der Waals surface area (Å²) >= 11 is 0. The summed E-state index contributed by atoms with van der Waals surface area (Å²) in [6, 6.07) is 29.0. The number of amides is 1. The number of nitrogens with zero attached hydrogens (tertiary/aromatic N) is 5. The van der Waals surface area contributed by atoms with Crippen molar-refractivity contribution in [1.29, 1.82) is 0 Å². The zero-order valence-electron chi connectivity index (χ0n) is 21.2. The molecule has 6 rings (SSSR count). The molecule has 1 amide bonds. The van der Waals surface area contributed by atoms with Crippen LogP contribution in [0.15, 0.2) is 110 Å². The number of hydrogen-bond donors (Lipinski definition) is 2. The first kappa shape index (κ1) is 24.2. The van der Waals surface area contributed by atoms with Gasteiger partial charge in [-0.25, -0.2) is 0 Å². The second kappa shape index (κ2) is 11.1. The molecule has 6 aromatic rings. The summed E-state index contributed by atoms with van der Waals surface area (Å²) in [5.41, 5.74) is 4.48. The maximum Gasteiger partial charge on any atom is 0.270 e. The summed E-state index contributed by atoms with van der Waals surface area (Å²) in [4.78, 5) is 25.5. The highest BCUT2D eigenvalue weighted by molar-refractivity contribution is 5.92. The normalized spacial score (nSPS) is 11.9. The number of nitrogens with one attached hydrogen (secondary N) is 2. The first-order valence-electron chi connectivity index (χ1n) is 12.9. The number of rotatable bonds is 9. The van der Waals surface area contributed by atoms with Crippen molar-refractivity contribution >= 4 is 16.8 Å². The lowest BCUT2D eigenvalue weighted by Crippen LogP contribution is -2.33. The molecule has 2 N–H and O–H groups in total. The first-order valence-corrected chi connectivity index (χ1v) is 12.9. The number of pyridine rings is 2. The third-order valence-electron chi connectivity index (χ3n) is 6.72. The summed E-state index contributed by atoms with van der Waals surface area (Å²) < 4.78 is 2.08. The first-order chi connectivity index (χ1) is 19.2. The molecule has 192 valence electrons. The maximum absolute atomic E-state index is 13.3. The Morgan fingerprint density at radius 1 is 0.846 bits per heavy atom. The van der Waals surface area contributed by atoms with Gasteiger partial charge in [0, 0.05) is 42.3 Å². The Bertz CT molecular complexity index is 1680. The van der Waals surface area contributed by atoms with Gasteiger partial charge in [-0.1, -0.05) is 60.7 Å². The summed E-state index contributed by atoms with van der Waals surface area (Å²) in [6.07, 6.45) is 6.52. The van der Waals surface area contributed by atoms with Crippen LogP contribution < -0.4 is 5.32 Å². The van der Waals surface area contributed by atoms with Crippen LogP contribution >= 0.6 is 0 Å². The fraction of sp³-hybridized carbons (Fsp3) is 0.129. The van der Waals surface area contributed by atoms with Crippen molar-refractivity contribution in [3.8, 4) is 0 Å². The van der Waals surface area contributed by atoms with Gasteiger partial charge in [-0.3, -0.25) is 14.8 Å². The van der Waals surface area contributed by atoms with Gasteiger partial charge in [-0.15, -0.1) is 10.2 Å². The Morgan fingerprint density at radius 3 is 2.41 bits per heavy atom. The second-order valence-corrected chi connectivity index (χ2v) is 9.35. The van der Waals surface area contributed by atoms with Crippen molar-refractivity contribution < 1.29 is 4.79 Å². The summed E-state index contributed by atoms with van der Waals surface area (Å²) in [7, 11) is 0. The van der Waals surface area contributed by atoms with Gasteiger partial charge in [0.1, 0.15) is 11.5 Å². The fourth-order valence-electron chi connectivity index (χ4n) is 4.80. The molecule has 39 heavy (non-hydrogen) atoms. The predicted molar refractivity (Wildman–Crippen MR) is 149 cm³/mol. The van der Waals surface area contributed by atoms with Crippen LogP contribution in [0.4, 0.5) is 0 Å². The molecule has 1 unspecified atom stereocenters. The van der Waals surface area contributed by atoms with E-state index in [4.69, 9.17) is 0 Å². The molecular formula is C31H27N7O. The van der Waals surface area contributed by atoms with Gasteiger partial charge in [0.2, 0.25) is 0 Å². The number of aromatic amines is 1. The molecule has 0 bridgehead atoms. The monoisotopic (exact) mass is 513 g/mol. The van der Waals surface area contributed by atoms with Gasteiger partial charge in [0.25, 0.3) is 5.91 Å². The van der Waals surface area contributed by atoms with Crippen molar-refractivity contribution in [2.45, 2.75) is 25.4 Å². The molecule has 0 radical (unpaired) electrons. The molecule has 8 heteroatoms. The Hall–Kier alpha value is -5.11. The van der Waals surface area contributed by atoms with E-state index in [0.717, 1.165) is 33.5 Å². The molecule has 4 aromatic heterocycles. The lowest BCUT2D eigenvalue weighted by atomic mass is 10.0. The number of benzene rings is 2. The molecule has 2 aromatic carbocycles. The van der Waals surface area contributed by atoms with E-state index in [9.17, 15) is 4.79 Å². The molecule has 0 saturated carbocycles. The number of aromatic nitrogens is 6. The van der Waals surface area contributed by atoms with Crippen molar-refractivity contribution in [1.82, 2.24) is 35.0 Å². The van der Waals surface area contributed by atoms with Crippen LogP contribution in [0.2, 0.25) is 0 Å². The van der Waals surface area contributed by atoms with E-state index in [1.165, 1.54) is 0 Å². The van der Waals surface area contributed by atoms with Crippen molar-refractivity contribution in [3.63, 3.8) is 0 Å². The van der Waals surface area contributed by atoms with Gasteiger partial charge in [-0.05, 0) is 41.5 Å². The number of carbonyl (C=O) groups is 1. The van der Waals surface area contributed by atoms with Crippen LogP contribution in [0.3, 0.4) is 0 Å². The number of H-pyrrole nitrogens is 1. The predicted octanol–water partition coefficient (Wildman–Crippen LogP) is 4.90. The number of fused-ring (bicyclic) bond motifs is 1. The van der Waals surface area contributed by atoms with E-state index >= 15 is 0 Å². The highest BCUT2D eigenvalue weighted by Gasteiger charge is 2.26. The van der Waals surface area contributed by atoms with Gasteiger partial charge in [-0.2, -0.15) is 0 Å². The standard InChI is InChI=1S/C31H27N7O/c39-31(27-15-7-9-17-33-27)35-28(19-23-20-34-26-14-5-4-13-25(23)26)30-37-36-29(18-22-10-2-1-3-11-22)38(30)21-24-12-6-8-16-32-24/h1-17,20,28,34H,18-19,21H2,(H,35,39). The van der Waals surface area contributed by atoms with E-state index in [1.807, 2.05) is 60.8 Å². The molecular weight excluding hydrogens is 486 g/mol. The fourth-order valence-corrected chi connectivity index (χ4v) is 4.80. The van der Waals surface area contributed by atoms with Gasteiger partial charge >= 0.3 is 0 Å². The highest BCUT2D eigenvalue weighted by Crippen LogP contribution is 2.26. The SMILES string of the molecule is O=C(NC(Cc1c[nH]c2ccccc12)c1nnc(Cc2ccccc2)n1Cc1ccccn1)c1ccccn1. The van der Waals surface area contributed by atoms with Gasteiger partial charge < -0.3 is 14.9 Å². The Balaban J connectivity index is 1.42. The lowest BCUT2D eigenvalue weighted by Gasteiger charge is -2.20. The Morgan fingerprint density at radius 2 is 1.62 bits per heavy atom. The smallest absolute Gasteiger partial charge is 0.270 e. The molecule has 8 nitrogen and oxygen atoms in total. The second-order valence-electron chi connectivity index (χ2n) is 9.35. The molecule has 4 heterocycles. The van der Waals surface area contributed by atoms with E-state index < -0.39 is 6.04 Å². The zero-order chi connectivity index (χ0) is 26.4. The highest BCUT2D eigenvalue weighted by atomic mass is 16.2. The van der Waals surface area contributed by atoms with Crippen LogP contribution in [0.1, 0.15) is 45.0 Å². The molecule has 0 aliphatic rings. The third kappa shape index (κ3) is 5.45. The van der Waals surface area contributed by atoms with E-state index in [0.29, 0.717) is 30.9 Å². The average Bonchev–Trinajstić information content (AvgIpc) is 3.58. The van der Waals surface area contributed by atoms with E-state index in [-0.39, 0.29) is 5.91 Å². The van der Waals surface area contributed by atoms with Crippen LogP contribution in [-0.4, -0.2) is 35.6 Å². The topological polar surface area (TPSA) is 101 Å². The minimum absolute atomic E-state index is 0.266. The quantitative estimate of drug-likeness (QED) is 0.286. The molecule has 0 spiro atoms. The Labute approximate surface area is 225 Å². The number of hydrogen-bond acceptors (Lipinski definition) is 5.